The molecule has 7 heteroatoms. The van der Waals surface area contributed by atoms with Crippen molar-refractivity contribution in [3.63, 3.8) is 0 Å². The van der Waals surface area contributed by atoms with Crippen LogP contribution in [0.15, 0.2) is 53.4 Å². The van der Waals surface area contributed by atoms with Crippen LogP contribution in [-0.4, -0.2) is 35.1 Å². The van der Waals surface area contributed by atoms with Gasteiger partial charge in [-0.3, -0.25) is 9.59 Å². The van der Waals surface area contributed by atoms with Crippen molar-refractivity contribution in [3.05, 3.63) is 64.1 Å². The molecular weight excluding hydrogens is 415 g/mol. The fourth-order valence-corrected chi connectivity index (χ4v) is 3.83. The van der Waals surface area contributed by atoms with Gasteiger partial charge in [-0.15, -0.1) is 11.8 Å². The first-order valence-corrected chi connectivity index (χ1v) is 10.9. The first-order valence-electron chi connectivity index (χ1n) is 9.11. The Morgan fingerprint density at radius 2 is 1.86 bits per heavy atom. The first-order chi connectivity index (χ1) is 13.4. The van der Waals surface area contributed by atoms with Crippen molar-refractivity contribution >= 4 is 46.8 Å². The number of amides is 2. The highest BCUT2D eigenvalue weighted by atomic mass is 35.5. The number of hydrogen-bond donors (Lipinski definition) is 1. The van der Waals surface area contributed by atoms with Crippen molar-refractivity contribution in [2.24, 2.45) is 0 Å². The Bertz CT molecular complexity index is 802. The third-order valence-corrected chi connectivity index (χ3v) is 5.76. The standard InChI is InChI=1S/C21H24Cl2N2O2S/c1-3-11-24-21(27)15(2)25(13-16-9-10-17(22)12-19(16)23)20(26)14-28-18-7-5-4-6-8-18/h4-10,12,15H,3,11,13-14H2,1-2H3,(H,24,27)/t15-/m1/s1. The Morgan fingerprint density at radius 3 is 2.50 bits per heavy atom. The molecule has 0 saturated carbocycles. The molecule has 0 fully saturated rings. The molecule has 0 bridgehead atoms. The number of rotatable bonds is 9. The van der Waals surface area contributed by atoms with Crippen LogP contribution in [0.4, 0.5) is 0 Å². The Labute approximate surface area is 180 Å². The zero-order chi connectivity index (χ0) is 20.5. The highest BCUT2D eigenvalue weighted by Gasteiger charge is 2.26. The molecule has 0 unspecified atom stereocenters. The summed E-state index contributed by atoms with van der Waals surface area (Å²) < 4.78 is 0. The monoisotopic (exact) mass is 438 g/mol. The van der Waals surface area contributed by atoms with Crippen LogP contribution in [0.3, 0.4) is 0 Å². The van der Waals surface area contributed by atoms with Gasteiger partial charge < -0.3 is 10.2 Å². The second-order valence-corrected chi connectivity index (χ2v) is 8.22. The molecule has 0 saturated heterocycles. The van der Waals surface area contributed by atoms with Crippen molar-refractivity contribution in [1.29, 1.82) is 0 Å². The van der Waals surface area contributed by atoms with Crippen molar-refractivity contribution in [2.75, 3.05) is 12.3 Å². The van der Waals surface area contributed by atoms with Crippen molar-refractivity contribution in [2.45, 2.75) is 37.8 Å². The average molecular weight is 439 g/mol. The van der Waals surface area contributed by atoms with Crippen molar-refractivity contribution in [1.82, 2.24) is 10.2 Å². The predicted molar refractivity (Wildman–Crippen MR) is 117 cm³/mol. The van der Waals surface area contributed by atoms with E-state index < -0.39 is 6.04 Å². The molecule has 150 valence electrons. The third-order valence-electron chi connectivity index (χ3n) is 4.18. The molecule has 2 amide bonds. The predicted octanol–water partition coefficient (Wildman–Crippen LogP) is 5.03. The summed E-state index contributed by atoms with van der Waals surface area (Å²) in [6, 6.07) is 14.2. The van der Waals surface area contributed by atoms with E-state index in [1.54, 1.807) is 30.0 Å². The lowest BCUT2D eigenvalue weighted by atomic mass is 10.1. The molecule has 2 rings (SSSR count). The lowest BCUT2D eigenvalue weighted by Gasteiger charge is -2.29. The molecule has 0 aliphatic rings. The molecule has 2 aromatic rings. The third kappa shape index (κ3) is 6.73. The second-order valence-electron chi connectivity index (χ2n) is 6.33. The lowest BCUT2D eigenvalue weighted by molar-refractivity contribution is -0.138. The Kier molecular flexibility index (Phi) is 9.16. The van der Waals surface area contributed by atoms with E-state index in [0.29, 0.717) is 16.6 Å². The summed E-state index contributed by atoms with van der Waals surface area (Å²) in [7, 11) is 0. The van der Waals surface area contributed by atoms with E-state index in [2.05, 4.69) is 5.32 Å². The fourth-order valence-electron chi connectivity index (χ4n) is 2.56. The van der Waals surface area contributed by atoms with Gasteiger partial charge in [0.2, 0.25) is 11.8 Å². The summed E-state index contributed by atoms with van der Waals surface area (Å²) in [5.41, 5.74) is 0.749. The number of halogens is 2. The quantitative estimate of drug-likeness (QED) is 0.558. The van der Waals surface area contributed by atoms with E-state index in [0.717, 1.165) is 16.9 Å². The summed E-state index contributed by atoms with van der Waals surface area (Å²) in [6.07, 6.45) is 0.833. The summed E-state index contributed by atoms with van der Waals surface area (Å²) in [5.74, 6) is -0.0651. The van der Waals surface area contributed by atoms with Crippen LogP contribution in [0.25, 0.3) is 0 Å². The maximum Gasteiger partial charge on any atom is 0.242 e. The van der Waals surface area contributed by atoms with E-state index in [1.165, 1.54) is 11.8 Å². The van der Waals surface area contributed by atoms with E-state index in [9.17, 15) is 9.59 Å². The minimum atomic E-state index is -0.609. The minimum absolute atomic E-state index is 0.126. The number of benzene rings is 2. The highest BCUT2D eigenvalue weighted by Crippen LogP contribution is 2.24. The van der Waals surface area contributed by atoms with Gasteiger partial charge in [-0.2, -0.15) is 0 Å². The van der Waals surface area contributed by atoms with Gasteiger partial charge in [0.25, 0.3) is 0 Å². The van der Waals surface area contributed by atoms with Crippen LogP contribution in [0.1, 0.15) is 25.8 Å². The first kappa shape index (κ1) is 22.6. The molecular formula is C21H24Cl2N2O2S. The molecule has 2 aromatic carbocycles. The van der Waals surface area contributed by atoms with Gasteiger partial charge in [-0.1, -0.05) is 54.4 Å². The molecule has 1 atom stereocenters. The summed E-state index contributed by atoms with van der Waals surface area (Å²) in [6.45, 7) is 4.54. The molecule has 0 spiro atoms. The molecule has 0 heterocycles. The van der Waals surface area contributed by atoms with Crippen LogP contribution < -0.4 is 5.32 Å². The Hall–Kier alpha value is -1.69. The van der Waals surface area contributed by atoms with Crippen molar-refractivity contribution in [3.8, 4) is 0 Å². The van der Waals surface area contributed by atoms with Gasteiger partial charge in [-0.05, 0) is 43.2 Å². The zero-order valence-electron chi connectivity index (χ0n) is 16.0. The molecule has 0 radical (unpaired) electrons. The highest BCUT2D eigenvalue weighted by molar-refractivity contribution is 8.00. The van der Waals surface area contributed by atoms with Crippen molar-refractivity contribution < 1.29 is 9.59 Å². The lowest BCUT2D eigenvalue weighted by Crippen LogP contribution is -2.48. The second kappa shape index (κ2) is 11.3. The maximum atomic E-state index is 13.0. The normalized spacial score (nSPS) is 11.7. The SMILES string of the molecule is CCCNC(=O)[C@@H](C)N(Cc1ccc(Cl)cc1Cl)C(=O)CSc1ccccc1. The van der Waals surface area contributed by atoms with Gasteiger partial charge in [0.05, 0.1) is 5.75 Å². The number of nitrogens with one attached hydrogen (secondary N) is 1. The van der Waals surface area contributed by atoms with Crippen LogP contribution in [0.5, 0.6) is 0 Å². The van der Waals surface area contributed by atoms with Crippen LogP contribution >= 0.6 is 35.0 Å². The van der Waals surface area contributed by atoms with Crippen LogP contribution in [-0.2, 0) is 16.1 Å². The Balaban J connectivity index is 2.16. The molecule has 1 N–H and O–H groups in total. The van der Waals surface area contributed by atoms with E-state index in [-0.39, 0.29) is 24.1 Å². The van der Waals surface area contributed by atoms with E-state index in [4.69, 9.17) is 23.2 Å². The van der Waals surface area contributed by atoms with E-state index >= 15 is 0 Å². The Morgan fingerprint density at radius 1 is 1.14 bits per heavy atom. The van der Waals surface area contributed by atoms with E-state index in [1.807, 2.05) is 37.3 Å². The van der Waals surface area contributed by atoms with Crippen LogP contribution in [0, 0.1) is 0 Å². The zero-order valence-corrected chi connectivity index (χ0v) is 18.3. The molecule has 0 aliphatic carbocycles. The smallest absolute Gasteiger partial charge is 0.242 e. The van der Waals surface area contributed by atoms with Crippen LogP contribution in [0.2, 0.25) is 10.0 Å². The summed E-state index contributed by atoms with van der Waals surface area (Å²) in [4.78, 5) is 28.0. The number of nitrogens with zero attached hydrogens (tertiary/aromatic N) is 1. The number of carbonyl (C=O) groups excluding carboxylic acids is 2. The van der Waals surface area contributed by atoms with Gasteiger partial charge in [0.15, 0.2) is 0 Å². The number of hydrogen-bond acceptors (Lipinski definition) is 3. The average Bonchev–Trinajstić information content (AvgIpc) is 2.70. The largest absolute Gasteiger partial charge is 0.354 e. The molecule has 4 nitrogen and oxygen atoms in total. The molecule has 28 heavy (non-hydrogen) atoms. The summed E-state index contributed by atoms with van der Waals surface area (Å²) in [5, 5.41) is 3.86. The maximum absolute atomic E-state index is 13.0. The number of carbonyl (C=O) groups is 2. The van der Waals surface area contributed by atoms with Gasteiger partial charge in [0, 0.05) is 28.0 Å². The van der Waals surface area contributed by atoms with Gasteiger partial charge in [-0.25, -0.2) is 0 Å². The molecule has 0 aromatic heterocycles. The fraction of sp³-hybridized carbons (Fsp3) is 0.333. The molecule has 0 aliphatic heterocycles. The van der Waals surface area contributed by atoms with Gasteiger partial charge in [0.1, 0.15) is 6.04 Å². The van der Waals surface area contributed by atoms with Gasteiger partial charge >= 0.3 is 0 Å². The topological polar surface area (TPSA) is 49.4 Å². The number of thioether (sulfide) groups is 1. The minimum Gasteiger partial charge on any atom is -0.354 e. The summed E-state index contributed by atoms with van der Waals surface area (Å²) >= 11 is 13.7.